The van der Waals surface area contributed by atoms with Crippen LogP contribution in [0.4, 0.5) is 5.69 Å². The van der Waals surface area contributed by atoms with E-state index in [-0.39, 0.29) is 33.8 Å². The summed E-state index contributed by atoms with van der Waals surface area (Å²) < 4.78 is 15.3. The molecule has 1 heterocycles. The Morgan fingerprint density at radius 1 is 1.21 bits per heavy atom. The van der Waals surface area contributed by atoms with Crippen molar-refractivity contribution < 1.29 is 33.8 Å². The van der Waals surface area contributed by atoms with Gasteiger partial charge in [-0.15, -0.1) is 0 Å². The van der Waals surface area contributed by atoms with E-state index in [1.165, 1.54) is 45.4 Å². The number of allylic oxidation sites excluding steroid dienone is 1. The largest absolute Gasteiger partial charge is 0.478 e. The van der Waals surface area contributed by atoms with Crippen molar-refractivity contribution >= 4 is 17.6 Å². The highest BCUT2D eigenvalue weighted by Crippen LogP contribution is 2.40. The van der Waals surface area contributed by atoms with Gasteiger partial charge in [0, 0.05) is 32.0 Å². The fraction of sp³-hybridized carbons (Fsp3) is 0.333. The highest BCUT2D eigenvalue weighted by atomic mass is 16.7. The zero-order valence-corrected chi connectivity index (χ0v) is 15.7. The molecule has 10 nitrogen and oxygen atoms in total. The molecule has 1 atom stereocenters. The number of ether oxygens (including phenoxy) is 3. The Labute approximate surface area is 160 Å². The molecule has 1 unspecified atom stereocenters. The SMILES string of the molecule is COC(=O)C1=C(C(OC)OC)NC(C)=C(C(=O)O)C1c1cccc([N+](=O)[O-])c1. The average molecular weight is 392 g/mol. The van der Waals surface area contributed by atoms with Gasteiger partial charge in [-0.3, -0.25) is 10.1 Å². The molecule has 0 aromatic heterocycles. The van der Waals surface area contributed by atoms with Gasteiger partial charge in [-0.1, -0.05) is 12.1 Å². The first-order chi connectivity index (χ1) is 13.3. The highest BCUT2D eigenvalue weighted by molar-refractivity contribution is 5.99. The van der Waals surface area contributed by atoms with Crippen molar-refractivity contribution in [2.75, 3.05) is 21.3 Å². The van der Waals surface area contributed by atoms with Crippen molar-refractivity contribution in [1.29, 1.82) is 0 Å². The number of benzene rings is 1. The number of nitro benzene ring substituents is 1. The van der Waals surface area contributed by atoms with Crippen molar-refractivity contribution in [3.8, 4) is 0 Å². The predicted molar refractivity (Wildman–Crippen MR) is 96.2 cm³/mol. The topological polar surface area (TPSA) is 137 Å². The van der Waals surface area contributed by atoms with E-state index in [0.29, 0.717) is 0 Å². The number of esters is 1. The standard InChI is InChI=1S/C18H20N2O8/c1-9-12(16(21)22)13(10-6-5-7-11(8-10)20(24)25)14(17(23)26-2)15(19-9)18(27-3)28-4/h5-8,13,18-19H,1-4H3,(H,21,22). The predicted octanol–water partition coefficient (Wildman–Crippen LogP) is 1.69. The summed E-state index contributed by atoms with van der Waals surface area (Å²) >= 11 is 0. The highest BCUT2D eigenvalue weighted by Gasteiger charge is 2.40. The smallest absolute Gasteiger partial charge is 0.336 e. The molecule has 0 amide bonds. The zero-order valence-electron chi connectivity index (χ0n) is 15.7. The Bertz CT molecular complexity index is 870. The lowest BCUT2D eigenvalue weighted by atomic mass is 9.80. The van der Waals surface area contributed by atoms with E-state index in [0.717, 1.165) is 7.11 Å². The number of nitro groups is 1. The number of carbonyl (C=O) groups excluding carboxylic acids is 1. The summed E-state index contributed by atoms with van der Waals surface area (Å²) in [5.74, 6) is -3.23. The average Bonchev–Trinajstić information content (AvgIpc) is 2.67. The maximum Gasteiger partial charge on any atom is 0.336 e. The Morgan fingerprint density at radius 3 is 2.36 bits per heavy atom. The minimum absolute atomic E-state index is 0.0697. The molecule has 0 fully saturated rings. The molecule has 0 radical (unpaired) electrons. The minimum Gasteiger partial charge on any atom is -0.478 e. The second kappa shape index (κ2) is 8.63. The van der Waals surface area contributed by atoms with Gasteiger partial charge >= 0.3 is 11.9 Å². The number of non-ortho nitro benzene ring substituents is 1. The van der Waals surface area contributed by atoms with Crippen LogP contribution in [0.15, 0.2) is 46.8 Å². The molecule has 1 aliphatic rings. The van der Waals surface area contributed by atoms with Crippen LogP contribution < -0.4 is 5.32 Å². The summed E-state index contributed by atoms with van der Waals surface area (Å²) in [5, 5.41) is 23.8. The van der Waals surface area contributed by atoms with Gasteiger partial charge in [-0.25, -0.2) is 9.59 Å². The monoisotopic (exact) mass is 392 g/mol. The fourth-order valence-electron chi connectivity index (χ4n) is 3.14. The maximum atomic E-state index is 12.6. The van der Waals surface area contributed by atoms with Crippen LogP contribution in [-0.4, -0.2) is 49.6 Å². The third-order valence-corrected chi connectivity index (χ3v) is 4.31. The number of nitrogens with zero attached hydrogens (tertiary/aromatic N) is 1. The molecule has 10 heteroatoms. The first-order valence-corrected chi connectivity index (χ1v) is 8.10. The van der Waals surface area contributed by atoms with Crippen LogP contribution in [0.1, 0.15) is 18.4 Å². The molecule has 28 heavy (non-hydrogen) atoms. The van der Waals surface area contributed by atoms with Gasteiger partial charge in [0.2, 0.25) is 0 Å². The quantitative estimate of drug-likeness (QED) is 0.307. The van der Waals surface area contributed by atoms with Gasteiger partial charge in [0.1, 0.15) is 0 Å². The first-order valence-electron chi connectivity index (χ1n) is 8.10. The van der Waals surface area contributed by atoms with Crippen LogP contribution in [0.3, 0.4) is 0 Å². The van der Waals surface area contributed by atoms with E-state index in [9.17, 15) is 24.8 Å². The minimum atomic E-state index is -1.28. The second-order valence-electron chi connectivity index (χ2n) is 5.88. The van der Waals surface area contributed by atoms with Gasteiger partial charge in [-0.2, -0.15) is 0 Å². The third-order valence-electron chi connectivity index (χ3n) is 4.31. The molecule has 0 bridgehead atoms. The number of carboxylic acids is 1. The van der Waals surface area contributed by atoms with Crippen LogP contribution in [0.2, 0.25) is 0 Å². The molecule has 1 aromatic carbocycles. The summed E-state index contributed by atoms with van der Waals surface area (Å²) in [6.45, 7) is 1.52. The molecular formula is C18H20N2O8. The fourth-order valence-corrected chi connectivity index (χ4v) is 3.14. The zero-order chi connectivity index (χ0) is 21.0. The lowest BCUT2D eigenvalue weighted by molar-refractivity contribution is -0.384. The molecule has 1 aromatic rings. The summed E-state index contributed by atoms with van der Waals surface area (Å²) in [7, 11) is 3.86. The number of hydrogen-bond donors (Lipinski definition) is 2. The summed E-state index contributed by atoms with van der Waals surface area (Å²) in [6, 6.07) is 5.43. The van der Waals surface area contributed by atoms with Crippen molar-refractivity contribution in [2.24, 2.45) is 0 Å². The number of methoxy groups -OCH3 is 3. The van der Waals surface area contributed by atoms with Crippen LogP contribution in [0, 0.1) is 10.1 Å². The van der Waals surface area contributed by atoms with E-state index in [4.69, 9.17) is 14.2 Å². The maximum absolute atomic E-state index is 12.6. The number of hydrogen-bond acceptors (Lipinski definition) is 8. The molecular weight excluding hydrogens is 372 g/mol. The number of aliphatic carboxylic acids is 1. The van der Waals surface area contributed by atoms with Crippen LogP contribution >= 0.6 is 0 Å². The molecule has 0 aliphatic carbocycles. The van der Waals surface area contributed by atoms with Crippen LogP contribution in [-0.2, 0) is 23.8 Å². The molecule has 0 saturated heterocycles. The molecule has 0 saturated carbocycles. The molecule has 2 N–H and O–H groups in total. The number of nitrogens with one attached hydrogen (secondary N) is 1. The number of carbonyl (C=O) groups is 2. The molecule has 0 spiro atoms. The molecule has 2 rings (SSSR count). The number of carboxylic acid groups (broad SMARTS) is 1. The summed E-state index contributed by atoms with van der Waals surface area (Å²) in [5.41, 5.74) is 0.201. The van der Waals surface area contributed by atoms with Gasteiger partial charge in [-0.05, 0) is 12.5 Å². The number of rotatable bonds is 7. The van der Waals surface area contributed by atoms with Crippen LogP contribution in [0.25, 0.3) is 0 Å². The normalized spacial score (nSPS) is 16.8. The van der Waals surface area contributed by atoms with Crippen LogP contribution in [0.5, 0.6) is 0 Å². The Hall–Kier alpha value is -3.24. The van der Waals surface area contributed by atoms with E-state index in [1.54, 1.807) is 0 Å². The van der Waals surface area contributed by atoms with Gasteiger partial charge in [0.05, 0.1) is 34.8 Å². The van der Waals surface area contributed by atoms with Crippen molar-refractivity contribution in [2.45, 2.75) is 19.1 Å². The summed E-state index contributed by atoms with van der Waals surface area (Å²) in [4.78, 5) is 35.2. The lowest BCUT2D eigenvalue weighted by Crippen LogP contribution is -2.38. The first kappa shape index (κ1) is 21.1. The molecule has 150 valence electrons. The molecule has 1 aliphatic heterocycles. The Balaban J connectivity index is 2.83. The second-order valence-corrected chi connectivity index (χ2v) is 5.88. The Morgan fingerprint density at radius 2 is 1.86 bits per heavy atom. The van der Waals surface area contributed by atoms with Crippen molar-refractivity contribution in [3.63, 3.8) is 0 Å². The van der Waals surface area contributed by atoms with Gasteiger partial charge in [0.15, 0.2) is 6.29 Å². The summed E-state index contributed by atoms with van der Waals surface area (Å²) in [6.07, 6.45) is -1.01. The van der Waals surface area contributed by atoms with Crippen molar-refractivity contribution in [3.05, 3.63) is 62.5 Å². The Kier molecular flexibility index (Phi) is 6.49. The third kappa shape index (κ3) is 3.87. The van der Waals surface area contributed by atoms with Gasteiger partial charge < -0.3 is 24.6 Å². The number of dihydropyridines is 1. The lowest BCUT2D eigenvalue weighted by Gasteiger charge is -2.32. The van der Waals surface area contributed by atoms with E-state index < -0.39 is 29.1 Å². The van der Waals surface area contributed by atoms with E-state index in [1.807, 2.05) is 0 Å². The van der Waals surface area contributed by atoms with E-state index >= 15 is 0 Å². The van der Waals surface area contributed by atoms with E-state index in [2.05, 4.69) is 5.32 Å². The van der Waals surface area contributed by atoms with Gasteiger partial charge in [0.25, 0.3) is 5.69 Å². The van der Waals surface area contributed by atoms with Crippen molar-refractivity contribution in [1.82, 2.24) is 5.32 Å².